The van der Waals surface area contributed by atoms with Crippen LogP contribution in [0.25, 0.3) is 0 Å². The first-order valence-corrected chi connectivity index (χ1v) is 8.68. The number of ether oxygens (including phenoxy) is 3. The summed E-state index contributed by atoms with van der Waals surface area (Å²) in [6.07, 6.45) is -1.14. The molecule has 0 radical (unpaired) electrons. The van der Waals surface area contributed by atoms with Gasteiger partial charge in [-0.25, -0.2) is 4.79 Å². The zero-order chi connectivity index (χ0) is 21.6. The highest BCUT2D eigenvalue weighted by Gasteiger charge is 2.29. The van der Waals surface area contributed by atoms with Crippen molar-refractivity contribution in [3.05, 3.63) is 63.7 Å². The number of likely N-dealkylation sites (N-methyl/N-ethyl adjacent to an activating group) is 1. The lowest BCUT2D eigenvalue weighted by Crippen LogP contribution is -2.37. The van der Waals surface area contributed by atoms with Crippen molar-refractivity contribution < 1.29 is 28.7 Å². The third kappa shape index (κ3) is 5.22. The summed E-state index contributed by atoms with van der Waals surface area (Å²) in [4.78, 5) is 37.1. The van der Waals surface area contributed by atoms with E-state index in [2.05, 4.69) is 0 Å². The Balaban J connectivity index is 2.18. The van der Waals surface area contributed by atoms with Crippen LogP contribution in [0, 0.1) is 10.1 Å². The van der Waals surface area contributed by atoms with Crippen molar-refractivity contribution in [1.29, 1.82) is 0 Å². The van der Waals surface area contributed by atoms with E-state index < -0.39 is 28.6 Å². The predicted octanol–water partition coefficient (Wildman–Crippen LogP) is 2.82. The summed E-state index contributed by atoms with van der Waals surface area (Å²) in [5.74, 6) is -1.22. The molecule has 0 aromatic heterocycles. The third-order valence-corrected chi connectivity index (χ3v) is 4.19. The van der Waals surface area contributed by atoms with Gasteiger partial charge in [-0.15, -0.1) is 0 Å². The van der Waals surface area contributed by atoms with Gasteiger partial charge in [-0.3, -0.25) is 14.9 Å². The number of methoxy groups -OCH3 is 2. The Morgan fingerprint density at radius 1 is 1.10 bits per heavy atom. The highest BCUT2D eigenvalue weighted by molar-refractivity contribution is 5.96. The van der Waals surface area contributed by atoms with Gasteiger partial charge < -0.3 is 19.1 Å². The third-order valence-electron chi connectivity index (χ3n) is 4.19. The van der Waals surface area contributed by atoms with E-state index in [0.29, 0.717) is 6.54 Å². The Hall–Kier alpha value is -3.62. The lowest BCUT2D eigenvalue weighted by atomic mass is 10.1. The van der Waals surface area contributed by atoms with Gasteiger partial charge in [-0.05, 0) is 12.5 Å². The zero-order valence-electron chi connectivity index (χ0n) is 16.6. The first-order chi connectivity index (χ1) is 13.8. The van der Waals surface area contributed by atoms with E-state index in [1.165, 1.54) is 26.0 Å². The molecule has 0 fully saturated rings. The molecular formula is C20H22N2O7. The van der Waals surface area contributed by atoms with Crippen LogP contribution in [0.4, 0.5) is 5.69 Å². The fraction of sp³-hybridized carbons (Fsp3) is 0.300. The molecule has 0 heterocycles. The topological polar surface area (TPSA) is 108 Å². The number of hydrogen-bond acceptors (Lipinski definition) is 7. The molecule has 0 aliphatic heterocycles. The van der Waals surface area contributed by atoms with E-state index in [9.17, 15) is 19.7 Å². The molecular weight excluding hydrogens is 380 g/mol. The molecule has 2 aromatic carbocycles. The van der Waals surface area contributed by atoms with Crippen molar-refractivity contribution in [2.75, 3.05) is 21.3 Å². The number of carbonyl (C=O) groups excluding carboxylic acids is 2. The second-order valence-electron chi connectivity index (χ2n) is 6.21. The normalized spacial score (nSPS) is 11.3. The number of benzene rings is 2. The van der Waals surface area contributed by atoms with E-state index in [1.807, 2.05) is 30.3 Å². The largest absolute Gasteiger partial charge is 0.493 e. The fourth-order valence-corrected chi connectivity index (χ4v) is 2.70. The first kappa shape index (κ1) is 21.7. The smallest absolute Gasteiger partial charge is 0.346 e. The molecule has 9 heteroatoms. The maximum absolute atomic E-state index is 12.5. The molecule has 0 N–H and O–H groups in total. The fourth-order valence-electron chi connectivity index (χ4n) is 2.70. The Morgan fingerprint density at radius 3 is 2.24 bits per heavy atom. The summed E-state index contributed by atoms with van der Waals surface area (Å²) in [5.41, 5.74) is 0.0698. The van der Waals surface area contributed by atoms with Crippen molar-refractivity contribution in [3.8, 4) is 11.5 Å². The first-order valence-electron chi connectivity index (χ1n) is 8.68. The molecule has 0 bridgehead atoms. The van der Waals surface area contributed by atoms with E-state index in [1.54, 1.807) is 7.05 Å². The summed E-state index contributed by atoms with van der Waals surface area (Å²) >= 11 is 0. The minimum Gasteiger partial charge on any atom is -0.493 e. The van der Waals surface area contributed by atoms with Gasteiger partial charge in [0.1, 0.15) is 5.56 Å². The Labute approximate surface area is 167 Å². The van der Waals surface area contributed by atoms with E-state index >= 15 is 0 Å². The average Bonchev–Trinajstić information content (AvgIpc) is 2.72. The van der Waals surface area contributed by atoms with E-state index in [-0.39, 0.29) is 17.1 Å². The van der Waals surface area contributed by atoms with Crippen LogP contribution in [-0.2, 0) is 16.1 Å². The average molecular weight is 402 g/mol. The molecule has 2 rings (SSSR count). The second-order valence-corrected chi connectivity index (χ2v) is 6.21. The van der Waals surface area contributed by atoms with Gasteiger partial charge in [0.05, 0.1) is 25.2 Å². The van der Waals surface area contributed by atoms with Crippen LogP contribution in [0.1, 0.15) is 22.8 Å². The van der Waals surface area contributed by atoms with Crippen LogP contribution in [0.2, 0.25) is 0 Å². The highest BCUT2D eigenvalue weighted by atomic mass is 16.6. The number of amides is 1. The quantitative estimate of drug-likeness (QED) is 0.379. The SMILES string of the molecule is COc1cc(C(=O)OC(C)C(=O)N(C)Cc2ccccc2)c([N+](=O)[O-])cc1OC. The van der Waals surface area contributed by atoms with Gasteiger partial charge in [0.15, 0.2) is 17.6 Å². The molecule has 0 saturated heterocycles. The second kappa shape index (κ2) is 9.54. The van der Waals surface area contributed by atoms with Gasteiger partial charge in [0.2, 0.25) is 0 Å². The van der Waals surface area contributed by atoms with Crippen LogP contribution in [-0.4, -0.2) is 49.1 Å². The Kier molecular flexibility index (Phi) is 7.13. The summed E-state index contributed by atoms with van der Waals surface area (Å²) in [6, 6.07) is 11.5. The predicted molar refractivity (Wildman–Crippen MR) is 104 cm³/mol. The number of hydrogen-bond donors (Lipinski definition) is 0. The van der Waals surface area contributed by atoms with Crippen molar-refractivity contribution in [1.82, 2.24) is 4.90 Å². The Morgan fingerprint density at radius 2 is 1.69 bits per heavy atom. The van der Waals surface area contributed by atoms with Crippen molar-refractivity contribution in [2.24, 2.45) is 0 Å². The summed E-state index contributed by atoms with van der Waals surface area (Å²) in [7, 11) is 4.24. The van der Waals surface area contributed by atoms with Crippen LogP contribution >= 0.6 is 0 Å². The molecule has 1 unspecified atom stereocenters. The number of nitro groups is 1. The molecule has 9 nitrogen and oxygen atoms in total. The summed E-state index contributed by atoms with van der Waals surface area (Å²) < 4.78 is 15.3. The minimum atomic E-state index is -1.14. The van der Waals surface area contributed by atoms with Crippen molar-refractivity contribution >= 4 is 17.6 Å². The zero-order valence-corrected chi connectivity index (χ0v) is 16.6. The van der Waals surface area contributed by atoms with E-state index in [4.69, 9.17) is 14.2 Å². The lowest BCUT2D eigenvalue weighted by Gasteiger charge is -2.21. The Bertz CT molecular complexity index is 899. The van der Waals surface area contributed by atoms with Gasteiger partial charge in [-0.1, -0.05) is 30.3 Å². The van der Waals surface area contributed by atoms with E-state index in [0.717, 1.165) is 17.7 Å². The standard InChI is InChI=1S/C20H22N2O7/c1-13(19(23)21(2)12-14-8-6-5-7-9-14)29-20(24)15-10-17(27-3)18(28-4)11-16(15)22(25)26/h5-11,13H,12H2,1-4H3. The molecule has 2 aromatic rings. The molecule has 154 valence electrons. The highest BCUT2D eigenvalue weighted by Crippen LogP contribution is 2.35. The molecule has 0 saturated carbocycles. The number of rotatable bonds is 8. The lowest BCUT2D eigenvalue weighted by molar-refractivity contribution is -0.385. The number of nitrogens with zero attached hydrogens (tertiary/aromatic N) is 2. The van der Waals surface area contributed by atoms with Gasteiger partial charge >= 0.3 is 5.97 Å². The van der Waals surface area contributed by atoms with Crippen molar-refractivity contribution in [3.63, 3.8) is 0 Å². The van der Waals surface area contributed by atoms with Gasteiger partial charge in [0, 0.05) is 19.7 Å². The van der Waals surface area contributed by atoms with Crippen LogP contribution in [0.15, 0.2) is 42.5 Å². The number of carbonyl (C=O) groups is 2. The van der Waals surface area contributed by atoms with Gasteiger partial charge in [-0.2, -0.15) is 0 Å². The monoisotopic (exact) mass is 402 g/mol. The molecule has 1 atom stereocenters. The molecule has 0 aliphatic rings. The molecule has 1 amide bonds. The molecule has 0 aliphatic carbocycles. The minimum absolute atomic E-state index is 0.0995. The summed E-state index contributed by atoms with van der Waals surface area (Å²) in [5, 5.41) is 11.4. The van der Waals surface area contributed by atoms with Crippen molar-refractivity contribution in [2.45, 2.75) is 19.6 Å². The molecule has 29 heavy (non-hydrogen) atoms. The number of esters is 1. The van der Waals surface area contributed by atoms with Crippen LogP contribution in [0.3, 0.4) is 0 Å². The summed E-state index contributed by atoms with van der Waals surface area (Å²) in [6.45, 7) is 1.74. The number of nitro benzene ring substituents is 1. The molecule has 0 spiro atoms. The van der Waals surface area contributed by atoms with Gasteiger partial charge in [0.25, 0.3) is 11.6 Å². The van der Waals surface area contributed by atoms with Crippen LogP contribution < -0.4 is 9.47 Å². The van der Waals surface area contributed by atoms with Crippen LogP contribution in [0.5, 0.6) is 11.5 Å². The maximum atomic E-state index is 12.5. The maximum Gasteiger partial charge on any atom is 0.346 e.